The Balaban J connectivity index is 1.51. The Hall–Kier alpha value is -3.93. The van der Waals surface area contributed by atoms with Gasteiger partial charge in [0, 0.05) is 6.42 Å². The van der Waals surface area contributed by atoms with Crippen molar-refractivity contribution in [1.82, 2.24) is 15.5 Å². The second-order valence-electron chi connectivity index (χ2n) is 9.64. The van der Waals surface area contributed by atoms with Gasteiger partial charge in [0.1, 0.15) is 29.5 Å². The predicted molar refractivity (Wildman–Crippen MR) is 135 cm³/mol. The van der Waals surface area contributed by atoms with E-state index in [4.69, 9.17) is 9.47 Å². The number of esters is 1. The van der Waals surface area contributed by atoms with Gasteiger partial charge in [-0.1, -0.05) is 60.7 Å². The molecule has 202 valence electrons. The van der Waals surface area contributed by atoms with Crippen LogP contribution in [0.5, 0.6) is 0 Å². The van der Waals surface area contributed by atoms with Gasteiger partial charge in [-0.05, 0) is 25.0 Å². The molecule has 2 saturated heterocycles. The van der Waals surface area contributed by atoms with Crippen molar-refractivity contribution in [2.45, 2.75) is 55.1 Å². The number of carbonyl (C=O) groups is 4. The number of fused-ring (bicyclic) bond motifs is 1. The lowest BCUT2D eigenvalue weighted by Crippen LogP contribution is -2.73. The molecule has 2 heterocycles. The first-order chi connectivity index (χ1) is 18.0. The predicted octanol–water partition coefficient (Wildman–Crippen LogP) is 0.926. The summed E-state index contributed by atoms with van der Waals surface area (Å²) in [6.45, 7) is 2.67. The smallest absolute Gasteiger partial charge is 0.408 e. The maximum absolute atomic E-state index is 13.3. The lowest BCUT2D eigenvalue weighted by molar-refractivity contribution is -0.162. The van der Waals surface area contributed by atoms with Crippen LogP contribution in [0.1, 0.15) is 25.0 Å². The quantitative estimate of drug-likeness (QED) is 0.369. The number of benzene rings is 2. The van der Waals surface area contributed by atoms with Crippen molar-refractivity contribution in [2.75, 3.05) is 7.11 Å². The number of ether oxygens (including phenoxy) is 2. The highest BCUT2D eigenvalue weighted by Crippen LogP contribution is 2.46. The van der Waals surface area contributed by atoms with Gasteiger partial charge in [-0.2, -0.15) is 0 Å². The Bertz CT molecular complexity index is 1330. The van der Waals surface area contributed by atoms with Crippen molar-refractivity contribution < 1.29 is 37.1 Å². The summed E-state index contributed by atoms with van der Waals surface area (Å²) in [6, 6.07) is 13.9. The van der Waals surface area contributed by atoms with E-state index < -0.39 is 62.0 Å². The number of nitrogens with one attached hydrogen (secondary N) is 2. The highest BCUT2D eigenvalue weighted by Gasteiger charge is 2.72. The van der Waals surface area contributed by atoms with Crippen LogP contribution in [0.25, 0.3) is 0 Å². The van der Waals surface area contributed by atoms with Gasteiger partial charge >= 0.3 is 12.1 Å². The summed E-state index contributed by atoms with van der Waals surface area (Å²) < 4.78 is 34.9. The van der Waals surface area contributed by atoms with E-state index >= 15 is 0 Å². The third-order valence-electron chi connectivity index (χ3n) is 6.89. The Kier molecular flexibility index (Phi) is 7.45. The van der Waals surface area contributed by atoms with Crippen molar-refractivity contribution in [1.29, 1.82) is 0 Å². The van der Waals surface area contributed by atoms with Crippen molar-refractivity contribution in [3.8, 4) is 0 Å². The number of methoxy groups -OCH3 is 1. The first-order valence-electron chi connectivity index (χ1n) is 11.9. The highest BCUT2D eigenvalue weighted by molar-refractivity contribution is 7.94. The fraction of sp³-hybridized carbons (Fsp3) is 0.385. The number of alkyl carbamates (subject to hydrolysis) is 1. The molecule has 2 N–H and O–H groups in total. The van der Waals surface area contributed by atoms with E-state index in [-0.39, 0.29) is 13.0 Å². The molecule has 0 saturated carbocycles. The molecule has 0 unspecified atom stereocenters. The molecule has 0 aliphatic carbocycles. The fourth-order valence-electron chi connectivity index (χ4n) is 4.75. The summed E-state index contributed by atoms with van der Waals surface area (Å²) in [5.74, 6) is -2.35. The second-order valence-corrected chi connectivity index (χ2v) is 12.3. The van der Waals surface area contributed by atoms with Gasteiger partial charge < -0.3 is 25.0 Å². The lowest BCUT2D eigenvalue weighted by Gasteiger charge is -2.43. The molecule has 2 aromatic carbocycles. The summed E-state index contributed by atoms with van der Waals surface area (Å²) in [5.41, 5.74) is 1.47. The van der Waals surface area contributed by atoms with Gasteiger partial charge in [-0.25, -0.2) is 18.0 Å². The summed E-state index contributed by atoms with van der Waals surface area (Å²) in [7, 11) is -2.96. The molecule has 12 heteroatoms. The minimum Gasteiger partial charge on any atom is -0.467 e. The van der Waals surface area contributed by atoms with Crippen LogP contribution in [0, 0.1) is 0 Å². The van der Waals surface area contributed by atoms with Crippen molar-refractivity contribution >= 4 is 33.7 Å². The summed E-state index contributed by atoms with van der Waals surface area (Å²) >= 11 is 0. The van der Waals surface area contributed by atoms with E-state index in [1.807, 2.05) is 6.07 Å². The number of rotatable bonds is 8. The monoisotopic (exact) mass is 543 g/mol. The molecule has 11 nitrogen and oxygen atoms in total. The van der Waals surface area contributed by atoms with Crippen LogP contribution < -0.4 is 10.6 Å². The van der Waals surface area contributed by atoms with Crippen molar-refractivity contribution in [3.63, 3.8) is 0 Å². The maximum Gasteiger partial charge on any atom is 0.408 e. The zero-order valence-electron chi connectivity index (χ0n) is 21.1. The van der Waals surface area contributed by atoms with Gasteiger partial charge in [-0.15, -0.1) is 0 Å². The molecule has 0 radical (unpaired) electrons. The van der Waals surface area contributed by atoms with Crippen LogP contribution >= 0.6 is 0 Å². The van der Waals surface area contributed by atoms with E-state index in [0.717, 1.165) is 23.1 Å². The van der Waals surface area contributed by atoms with Gasteiger partial charge in [0.2, 0.25) is 11.8 Å². The van der Waals surface area contributed by atoms with Crippen LogP contribution in [-0.4, -0.2) is 72.6 Å². The van der Waals surface area contributed by atoms with E-state index in [9.17, 15) is 27.6 Å². The molecular weight excluding hydrogens is 514 g/mol. The first-order valence-corrected chi connectivity index (χ1v) is 13.5. The Morgan fingerprint density at radius 1 is 1.00 bits per heavy atom. The Labute approximate surface area is 220 Å². The number of nitrogens with zero attached hydrogens (tertiary/aromatic N) is 1. The lowest BCUT2D eigenvalue weighted by atomic mass is 9.95. The zero-order valence-corrected chi connectivity index (χ0v) is 21.9. The van der Waals surface area contributed by atoms with Gasteiger partial charge in [0.15, 0.2) is 15.2 Å². The molecule has 3 amide bonds. The molecular formula is C26H29N3O8S. The average molecular weight is 544 g/mol. The van der Waals surface area contributed by atoms with Gasteiger partial charge in [0.25, 0.3) is 0 Å². The molecule has 0 aromatic heterocycles. The van der Waals surface area contributed by atoms with Crippen molar-refractivity contribution in [2.24, 2.45) is 0 Å². The van der Waals surface area contributed by atoms with E-state index in [1.165, 1.54) is 13.8 Å². The van der Waals surface area contributed by atoms with Crippen LogP contribution in [0.2, 0.25) is 0 Å². The second kappa shape index (κ2) is 10.4. The zero-order chi connectivity index (χ0) is 27.7. The third-order valence-corrected chi connectivity index (χ3v) is 9.72. The van der Waals surface area contributed by atoms with E-state index in [2.05, 4.69) is 10.6 Å². The summed E-state index contributed by atoms with van der Waals surface area (Å²) in [5, 5.41) is 3.56. The summed E-state index contributed by atoms with van der Waals surface area (Å²) in [6.07, 6.45) is -0.794. The van der Waals surface area contributed by atoms with Crippen molar-refractivity contribution in [3.05, 3.63) is 71.8 Å². The van der Waals surface area contributed by atoms with Crippen LogP contribution in [-0.2, 0) is 46.7 Å². The molecule has 4 atom stereocenters. The molecule has 38 heavy (non-hydrogen) atoms. The fourth-order valence-corrected chi connectivity index (χ4v) is 6.96. The maximum atomic E-state index is 13.3. The third kappa shape index (κ3) is 4.83. The minimum absolute atomic E-state index is 0.0211. The first kappa shape index (κ1) is 27.1. The number of β-lactam (4-membered cyclic amide) rings is 1. The molecule has 0 spiro atoms. The molecule has 2 fully saturated rings. The molecule has 2 aliphatic rings. The molecule has 4 rings (SSSR count). The van der Waals surface area contributed by atoms with Crippen LogP contribution in [0.4, 0.5) is 4.79 Å². The van der Waals surface area contributed by atoms with Crippen LogP contribution in [0.3, 0.4) is 0 Å². The topological polar surface area (TPSA) is 148 Å². The van der Waals surface area contributed by atoms with Crippen LogP contribution in [0.15, 0.2) is 60.7 Å². The Morgan fingerprint density at radius 2 is 1.58 bits per heavy atom. The molecule has 2 aromatic rings. The molecule has 2 aliphatic heterocycles. The number of hydrogen-bond donors (Lipinski definition) is 2. The summed E-state index contributed by atoms with van der Waals surface area (Å²) in [4.78, 5) is 52.1. The van der Waals surface area contributed by atoms with E-state index in [0.29, 0.717) is 0 Å². The normalized spacial score (nSPS) is 23.4. The average Bonchev–Trinajstić information content (AvgIpc) is 3.05. The SMILES string of the molecule is COC(=O)[C@@H]1N2C(=O)[C@@H](NC(=O)[C@H](Cc3ccccc3)NC(=O)OCc3ccccc3)[C@H]2S(=O)(=O)C1(C)C. The van der Waals surface area contributed by atoms with Gasteiger partial charge in [0.05, 0.1) is 7.11 Å². The van der Waals surface area contributed by atoms with E-state index in [1.54, 1.807) is 54.6 Å². The molecule has 0 bridgehead atoms. The highest BCUT2D eigenvalue weighted by atomic mass is 32.2. The van der Waals surface area contributed by atoms with Gasteiger partial charge in [-0.3, -0.25) is 9.59 Å². The minimum atomic E-state index is -4.07. The standard InChI is InChI=1S/C26H29N3O8S/c1-26(2)20(24(32)36-3)29-22(31)19(23(29)38(26,34)35)28-21(30)18(14-16-10-6-4-7-11-16)27-25(33)37-15-17-12-8-5-9-13-17/h4-13,18-20,23H,14-15H2,1-3H3,(H,27,33)(H,28,30)/t18-,19+,20-,23+/m0/s1. The number of sulfone groups is 1. The largest absolute Gasteiger partial charge is 0.467 e. The number of amides is 3. The Morgan fingerprint density at radius 3 is 2.16 bits per heavy atom. The number of carbonyl (C=O) groups excluding carboxylic acids is 4. The number of hydrogen-bond acceptors (Lipinski definition) is 8.